The molecule has 1 rings (SSSR count). The summed E-state index contributed by atoms with van der Waals surface area (Å²) in [6.45, 7) is 8.28. The van der Waals surface area contributed by atoms with Crippen molar-refractivity contribution in [2.24, 2.45) is 5.92 Å². The van der Waals surface area contributed by atoms with E-state index in [1.807, 2.05) is 18.2 Å². The fraction of sp³-hybridized carbons (Fsp3) is 0.429. The van der Waals surface area contributed by atoms with E-state index >= 15 is 0 Å². The van der Waals surface area contributed by atoms with Crippen molar-refractivity contribution in [3.05, 3.63) is 39.4 Å². The van der Waals surface area contributed by atoms with E-state index < -0.39 is 0 Å². The van der Waals surface area contributed by atoms with Gasteiger partial charge in [0, 0.05) is 22.2 Å². The second-order valence-corrected chi connectivity index (χ2v) is 5.10. The molecule has 0 unspecified atom stereocenters. The van der Waals surface area contributed by atoms with Crippen molar-refractivity contribution >= 4 is 29.3 Å². The lowest BCUT2D eigenvalue weighted by molar-refractivity contribution is 0.682. The predicted octanol–water partition coefficient (Wildman–Crippen LogP) is 4.64. The summed E-state index contributed by atoms with van der Waals surface area (Å²) < 4.78 is 0. The standard InChI is InChI=1S/C14H19Cl2N/c1-4-17-9-11(10(2)3)8-12-13(15)6-5-7-14(12)16/h5-8,10,17H,4,9H2,1-3H3. The Labute approximate surface area is 114 Å². The number of rotatable bonds is 5. The van der Waals surface area contributed by atoms with Gasteiger partial charge < -0.3 is 5.32 Å². The van der Waals surface area contributed by atoms with E-state index in [9.17, 15) is 0 Å². The smallest absolute Gasteiger partial charge is 0.0493 e. The van der Waals surface area contributed by atoms with Crippen LogP contribution in [0.25, 0.3) is 6.08 Å². The van der Waals surface area contributed by atoms with Gasteiger partial charge in [-0.3, -0.25) is 0 Å². The van der Waals surface area contributed by atoms with Crippen LogP contribution in [0.4, 0.5) is 0 Å². The maximum absolute atomic E-state index is 6.16. The van der Waals surface area contributed by atoms with Gasteiger partial charge in [-0.15, -0.1) is 0 Å². The van der Waals surface area contributed by atoms with Crippen LogP contribution in [0.2, 0.25) is 10.0 Å². The highest BCUT2D eigenvalue weighted by atomic mass is 35.5. The first-order valence-corrected chi connectivity index (χ1v) is 6.67. The summed E-state index contributed by atoms with van der Waals surface area (Å²) in [6, 6.07) is 5.59. The molecule has 0 heterocycles. The van der Waals surface area contributed by atoms with Crippen molar-refractivity contribution in [3.63, 3.8) is 0 Å². The Balaban J connectivity index is 3.04. The Kier molecular flexibility index (Phi) is 6.04. The van der Waals surface area contributed by atoms with Crippen molar-refractivity contribution in [1.82, 2.24) is 5.32 Å². The summed E-state index contributed by atoms with van der Waals surface area (Å²) in [7, 11) is 0. The second-order valence-electron chi connectivity index (χ2n) is 4.29. The first-order chi connectivity index (χ1) is 8.06. The minimum atomic E-state index is 0.474. The van der Waals surface area contributed by atoms with Gasteiger partial charge in [0.1, 0.15) is 0 Å². The van der Waals surface area contributed by atoms with E-state index in [-0.39, 0.29) is 0 Å². The highest BCUT2D eigenvalue weighted by molar-refractivity contribution is 6.37. The molecule has 1 N–H and O–H groups in total. The molecule has 1 nitrogen and oxygen atoms in total. The predicted molar refractivity (Wildman–Crippen MR) is 77.8 cm³/mol. The summed E-state index contributed by atoms with van der Waals surface area (Å²) in [6.07, 6.45) is 2.10. The summed E-state index contributed by atoms with van der Waals surface area (Å²) >= 11 is 12.3. The van der Waals surface area contributed by atoms with Gasteiger partial charge in [-0.1, -0.05) is 61.7 Å². The van der Waals surface area contributed by atoms with E-state index in [1.54, 1.807) is 0 Å². The molecule has 0 atom stereocenters. The number of nitrogens with one attached hydrogen (secondary N) is 1. The van der Waals surface area contributed by atoms with Crippen LogP contribution in [0.15, 0.2) is 23.8 Å². The van der Waals surface area contributed by atoms with Gasteiger partial charge in [0.2, 0.25) is 0 Å². The van der Waals surface area contributed by atoms with Crippen molar-refractivity contribution in [2.75, 3.05) is 13.1 Å². The molecule has 1 aromatic carbocycles. The number of hydrogen-bond donors (Lipinski definition) is 1. The third-order valence-electron chi connectivity index (χ3n) is 2.65. The fourth-order valence-electron chi connectivity index (χ4n) is 1.53. The molecule has 0 aromatic heterocycles. The molecule has 94 valence electrons. The molecule has 0 fully saturated rings. The maximum atomic E-state index is 6.16. The molecule has 1 aromatic rings. The molecule has 3 heteroatoms. The number of benzene rings is 1. The molecular formula is C14H19Cl2N. The largest absolute Gasteiger partial charge is 0.313 e. The molecule has 17 heavy (non-hydrogen) atoms. The van der Waals surface area contributed by atoms with Gasteiger partial charge in [-0.05, 0) is 24.6 Å². The van der Waals surface area contributed by atoms with Crippen molar-refractivity contribution in [3.8, 4) is 0 Å². The molecule has 0 radical (unpaired) electrons. The van der Waals surface area contributed by atoms with Crippen LogP contribution in [-0.2, 0) is 0 Å². The molecule has 0 aliphatic carbocycles. The van der Waals surface area contributed by atoms with E-state index in [1.165, 1.54) is 5.57 Å². The Morgan fingerprint density at radius 1 is 1.29 bits per heavy atom. The zero-order valence-corrected chi connectivity index (χ0v) is 12.1. The summed E-state index contributed by atoms with van der Waals surface area (Å²) in [4.78, 5) is 0. The average Bonchev–Trinajstić information content (AvgIpc) is 2.27. The third-order valence-corrected chi connectivity index (χ3v) is 3.31. The van der Waals surface area contributed by atoms with Gasteiger partial charge in [-0.25, -0.2) is 0 Å². The second kappa shape index (κ2) is 7.05. The Morgan fingerprint density at radius 2 is 1.88 bits per heavy atom. The van der Waals surface area contributed by atoms with Crippen LogP contribution in [0.3, 0.4) is 0 Å². The summed E-state index contributed by atoms with van der Waals surface area (Å²) in [5.74, 6) is 0.474. The van der Waals surface area contributed by atoms with Gasteiger partial charge in [0.05, 0.1) is 0 Å². The molecule has 0 spiro atoms. The van der Waals surface area contributed by atoms with E-state index in [0.717, 1.165) is 18.7 Å². The Bertz CT molecular complexity index is 377. The quantitative estimate of drug-likeness (QED) is 0.823. The SMILES string of the molecule is CCNCC(=Cc1c(Cl)cccc1Cl)C(C)C. The van der Waals surface area contributed by atoms with Crippen molar-refractivity contribution in [2.45, 2.75) is 20.8 Å². The molecule has 0 amide bonds. The molecule has 0 saturated carbocycles. The lowest BCUT2D eigenvalue weighted by Gasteiger charge is -2.13. The summed E-state index contributed by atoms with van der Waals surface area (Å²) in [5.41, 5.74) is 2.22. The Hall–Kier alpha value is -0.500. The van der Waals surface area contributed by atoms with Crippen molar-refractivity contribution in [1.29, 1.82) is 0 Å². The molecule has 0 saturated heterocycles. The van der Waals surface area contributed by atoms with E-state index in [4.69, 9.17) is 23.2 Å². The molecule has 0 bridgehead atoms. The normalized spacial score (nSPS) is 12.2. The monoisotopic (exact) mass is 271 g/mol. The van der Waals surface area contributed by atoms with Crippen LogP contribution < -0.4 is 5.32 Å². The number of halogens is 2. The zero-order chi connectivity index (χ0) is 12.8. The van der Waals surface area contributed by atoms with E-state index in [2.05, 4.69) is 32.2 Å². The van der Waals surface area contributed by atoms with Gasteiger partial charge in [-0.2, -0.15) is 0 Å². The van der Waals surface area contributed by atoms with Crippen LogP contribution >= 0.6 is 23.2 Å². The third kappa shape index (κ3) is 4.34. The van der Waals surface area contributed by atoms with Gasteiger partial charge in [0.25, 0.3) is 0 Å². The highest BCUT2D eigenvalue weighted by Crippen LogP contribution is 2.27. The highest BCUT2D eigenvalue weighted by Gasteiger charge is 2.07. The fourth-order valence-corrected chi connectivity index (χ4v) is 2.03. The number of likely N-dealkylation sites (N-methyl/N-ethyl adjacent to an activating group) is 1. The number of hydrogen-bond acceptors (Lipinski definition) is 1. The van der Waals surface area contributed by atoms with Gasteiger partial charge in [0.15, 0.2) is 0 Å². The van der Waals surface area contributed by atoms with Crippen LogP contribution in [0.5, 0.6) is 0 Å². The minimum Gasteiger partial charge on any atom is -0.313 e. The zero-order valence-electron chi connectivity index (χ0n) is 10.6. The minimum absolute atomic E-state index is 0.474. The molecule has 0 aliphatic heterocycles. The topological polar surface area (TPSA) is 12.0 Å². The van der Waals surface area contributed by atoms with Crippen LogP contribution in [0, 0.1) is 5.92 Å². The molecule has 0 aliphatic rings. The lowest BCUT2D eigenvalue weighted by Crippen LogP contribution is -2.18. The lowest BCUT2D eigenvalue weighted by atomic mass is 10.00. The molecular weight excluding hydrogens is 253 g/mol. The first-order valence-electron chi connectivity index (χ1n) is 5.91. The van der Waals surface area contributed by atoms with Crippen molar-refractivity contribution < 1.29 is 0 Å². The van der Waals surface area contributed by atoms with Crippen LogP contribution in [-0.4, -0.2) is 13.1 Å². The maximum Gasteiger partial charge on any atom is 0.0493 e. The van der Waals surface area contributed by atoms with Crippen LogP contribution in [0.1, 0.15) is 26.3 Å². The average molecular weight is 272 g/mol. The first kappa shape index (κ1) is 14.6. The van der Waals surface area contributed by atoms with Gasteiger partial charge >= 0.3 is 0 Å². The van der Waals surface area contributed by atoms with E-state index in [0.29, 0.717) is 16.0 Å². The Morgan fingerprint density at radius 3 is 2.35 bits per heavy atom. The summed E-state index contributed by atoms with van der Waals surface area (Å²) in [5, 5.41) is 4.74.